The van der Waals surface area contributed by atoms with Gasteiger partial charge in [-0.3, -0.25) is 9.59 Å². The molecule has 1 unspecified atom stereocenters. The molecule has 1 aromatic rings. The van der Waals surface area contributed by atoms with Gasteiger partial charge < -0.3 is 15.0 Å². The summed E-state index contributed by atoms with van der Waals surface area (Å²) in [5.74, 6) is -0.261. The van der Waals surface area contributed by atoms with Crippen molar-refractivity contribution in [3.63, 3.8) is 0 Å². The first-order valence-electron chi connectivity index (χ1n) is 6.94. The Labute approximate surface area is 126 Å². The number of carbonyl (C=O) groups is 1. The van der Waals surface area contributed by atoms with Crippen molar-refractivity contribution in [1.82, 2.24) is 4.98 Å². The summed E-state index contributed by atoms with van der Waals surface area (Å²) >= 11 is 3.26. The predicted molar refractivity (Wildman–Crippen MR) is 80.8 cm³/mol. The van der Waals surface area contributed by atoms with Gasteiger partial charge in [0.05, 0.1) is 6.10 Å². The third kappa shape index (κ3) is 3.93. The summed E-state index contributed by atoms with van der Waals surface area (Å²) in [5.41, 5.74) is -0.0879. The van der Waals surface area contributed by atoms with Gasteiger partial charge >= 0.3 is 0 Å². The Morgan fingerprint density at radius 3 is 2.90 bits per heavy atom. The van der Waals surface area contributed by atoms with E-state index in [1.807, 2.05) is 6.92 Å². The zero-order chi connectivity index (χ0) is 14.5. The summed E-state index contributed by atoms with van der Waals surface area (Å²) in [6.07, 6.45) is 6.14. The molecule has 20 heavy (non-hydrogen) atoms. The van der Waals surface area contributed by atoms with Crippen molar-refractivity contribution in [2.45, 2.75) is 51.2 Å². The van der Waals surface area contributed by atoms with E-state index in [9.17, 15) is 9.59 Å². The summed E-state index contributed by atoms with van der Waals surface area (Å²) in [7, 11) is 0. The lowest BCUT2D eigenvalue weighted by atomic mass is 10.2. The fourth-order valence-electron chi connectivity index (χ4n) is 2.36. The van der Waals surface area contributed by atoms with Crippen LogP contribution in [0.3, 0.4) is 0 Å². The molecule has 0 spiro atoms. The number of H-pyrrole nitrogens is 1. The van der Waals surface area contributed by atoms with Crippen LogP contribution in [-0.4, -0.2) is 23.1 Å². The second-order valence-electron chi connectivity index (χ2n) is 4.99. The molecule has 1 aliphatic carbocycles. The van der Waals surface area contributed by atoms with Gasteiger partial charge in [-0.05, 0) is 41.3 Å². The molecule has 0 aliphatic heterocycles. The third-order valence-electron chi connectivity index (χ3n) is 3.45. The Bertz CT molecular complexity index is 523. The molecule has 1 saturated carbocycles. The zero-order valence-corrected chi connectivity index (χ0v) is 13.0. The maximum absolute atomic E-state index is 12.2. The number of amides is 1. The molecule has 110 valence electrons. The van der Waals surface area contributed by atoms with Gasteiger partial charge in [-0.2, -0.15) is 0 Å². The van der Waals surface area contributed by atoms with Crippen molar-refractivity contribution in [3.8, 4) is 0 Å². The molecule has 1 fully saturated rings. The summed E-state index contributed by atoms with van der Waals surface area (Å²) in [5, 5.41) is 2.64. The lowest BCUT2D eigenvalue weighted by molar-refractivity contribution is -0.131. The lowest BCUT2D eigenvalue weighted by Crippen LogP contribution is -2.34. The van der Waals surface area contributed by atoms with Crippen LogP contribution in [0.25, 0.3) is 0 Å². The SMILES string of the molecule is CCC(OC1CCCC1)C(=O)Nc1cc(Br)c[nH]c1=O. The van der Waals surface area contributed by atoms with Crippen LogP contribution in [0.1, 0.15) is 39.0 Å². The van der Waals surface area contributed by atoms with E-state index >= 15 is 0 Å². The highest BCUT2D eigenvalue weighted by Gasteiger charge is 2.24. The van der Waals surface area contributed by atoms with Crippen molar-refractivity contribution in [3.05, 3.63) is 27.1 Å². The van der Waals surface area contributed by atoms with E-state index in [-0.39, 0.29) is 23.3 Å². The molecule has 1 aliphatic rings. The Morgan fingerprint density at radius 2 is 2.25 bits per heavy atom. The van der Waals surface area contributed by atoms with Gasteiger partial charge in [-0.25, -0.2) is 0 Å². The Balaban J connectivity index is 2.01. The van der Waals surface area contributed by atoms with Gasteiger partial charge in [0.1, 0.15) is 11.8 Å². The lowest BCUT2D eigenvalue weighted by Gasteiger charge is -2.20. The van der Waals surface area contributed by atoms with E-state index in [1.165, 1.54) is 6.20 Å². The predicted octanol–water partition coefficient (Wildman–Crippen LogP) is 2.81. The minimum atomic E-state index is -0.503. The quantitative estimate of drug-likeness (QED) is 0.864. The molecular weight excluding hydrogens is 324 g/mol. The summed E-state index contributed by atoms with van der Waals surface area (Å²) in [6.45, 7) is 1.91. The van der Waals surface area contributed by atoms with E-state index in [0.29, 0.717) is 10.9 Å². The molecule has 5 nitrogen and oxygen atoms in total. The molecule has 2 rings (SSSR count). The average Bonchev–Trinajstić information content (AvgIpc) is 2.93. The van der Waals surface area contributed by atoms with Crippen LogP contribution in [0.4, 0.5) is 5.69 Å². The average molecular weight is 343 g/mol. The molecular formula is C14H19BrN2O3. The van der Waals surface area contributed by atoms with Gasteiger partial charge in [0, 0.05) is 10.7 Å². The normalized spacial score (nSPS) is 17.1. The van der Waals surface area contributed by atoms with Crippen LogP contribution < -0.4 is 10.9 Å². The van der Waals surface area contributed by atoms with E-state index in [0.717, 1.165) is 25.7 Å². The maximum Gasteiger partial charge on any atom is 0.271 e. The molecule has 1 heterocycles. The molecule has 1 atom stereocenters. The second kappa shape index (κ2) is 7.04. The number of pyridine rings is 1. The number of nitrogens with one attached hydrogen (secondary N) is 2. The molecule has 0 radical (unpaired) electrons. The Hall–Kier alpha value is -1.14. The topological polar surface area (TPSA) is 71.2 Å². The summed E-state index contributed by atoms with van der Waals surface area (Å²) in [4.78, 5) is 26.4. The van der Waals surface area contributed by atoms with Gasteiger partial charge in [0.25, 0.3) is 11.5 Å². The van der Waals surface area contributed by atoms with E-state index in [2.05, 4.69) is 26.2 Å². The second-order valence-corrected chi connectivity index (χ2v) is 5.91. The van der Waals surface area contributed by atoms with Crippen LogP contribution >= 0.6 is 15.9 Å². The number of ether oxygens (including phenoxy) is 1. The minimum absolute atomic E-state index is 0.173. The molecule has 1 aromatic heterocycles. The van der Waals surface area contributed by atoms with Crippen molar-refractivity contribution in [2.75, 3.05) is 5.32 Å². The highest BCUT2D eigenvalue weighted by molar-refractivity contribution is 9.10. The monoisotopic (exact) mass is 342 g/mol. The highest BCUT2D eigenvalue weighted by atomic mass is 79.9. The van der Waals surface area contributed by atoms with Gasteiger partial charge in [0.2, 0.25) is 0 Å². The number of aromatic nitrogens is 1. The van der Waals surface area contributed by atoms with Crippen LogP contribution in [0.2, 0.25) is 0 Å². The Kier molecular flexibility index (Phi) is 5.37. The first-order valence-corrected chi connectivity index (χ1v) is 7.74. The maximum atomic E-state index is 12.2. The van der Waals surface area contributed by atoms with E-state index in [4.69, 9.17) is 4.74 Å². The van der Waals surface area contributed by atoms with Crippen molar-refractivity contribution < 1.29 is 9.53 Å². The van der Waals surface area contributed by atoms with Crippen molar-refractivity contribution >= 4 is 27.5 Å². The van der Waals surface area contributed by atoms with Crippen molar-refractivity contribution in [1.29, 1.82) is 0 Å². The number of halogens is 1. The fraction of sp³-hybridized carbons (Fsp3) is 0.571. The largest absolute Gasteiger partial charge is 0.365 e. The molecule has 6 heteroatoms. The van der Waals surface area contributed by atoms with Crippen LogP contribution in [0, 0.1) is 0 Å². The fourth-order valence-corrected chi connectivity index (χ4v) is 2.71. The van der Waals surface area contributed by atoms with E-state index in [1.54, 1.807) is 6.07 Å². The van der Waals surface area contributed by atoms with Crippen LogP contribution in [0.5, 0.6) is 0 Å². The Morgan fingerprint density at radius 1 is 1.55 bits per heavy atom. The standard InChI is InChI=1S/C14H19BrN2O3/c1-2-12(20-10-5-3-4-6-10)14(19)17-11-7-9(15)8-16-13(11)18/h7-8,10,12H,2-6H2,1H3,(H,16,18)(H,17,19). The smallest absolute Gasteiger partial charge is 0.271 e. The van der Waals surface area contributed by atoms with Gasteiger partial charge in [0.15, 0.2) is 0 Å². The molecule has 0 aromatic carbocycles. The highest BCUT2D eigenvalue weighted by Crippen LogP contribution is 2.23. The molecule has 1 amide bonds. The van der Waals surface area contributed by atoms with E-state index < -0.39 is 6.10 Å². The molecule has 0 bridgehead atoms. The first kappa shape index (κ1) is 15.3. The first-order chi connectivity index (χ1) is 9.60. The number of anilines is 1. The number of hydrogen-bond donors (Lipinski definition) is 2. The van der Waals surface area contributed by atoms with Crippen molar-refractivity contribution in [2.24, 2.45) is 0 Å². The van der Waals surface area contributed by atoms with Gasteiger partial charge in [-0.15, -0.1) is 0 Å². The van der Waals surface area contributed by atoms with Crippen LogP contribution in [0.15, 0.2) is 21.5 Å². The number of rotatable bonds is 5. The summed E-state index contributed by atoms with van der Waals surface area (Å²) < 4.78 is 6.53. The number of carbonyl (C=O) groups excluding carboxylic acids is 1. The summed E-state index contributed by atoms with van der Waals surface area (Å²) in [6, 6.07) is 1.58. The zero-order valence-electron chi connectivity index (χ0n) is 11.4. The van der Waals surface area contributed by atoms with Gasteiger partial charge in [-0.1, -0.05) is 19.8 Å². The number of aromatic amines is 1. The third-order valence-corrected chi connectivity index (χ3v) is 3.91. The minimum Gasteiger partial charge on any atom is -0.365 e. The number of hydrogen-bond acceptors (Lipinski definition) is 3. The molecule has 0 saturated heterocycles. The van der Waals surface area contributed by atoms with Crippen LogP contribution in [-0.2, 0) is 9.53 Å². The molecule has 2 N–H and O–H groups in total.